The van der Waals surface area contributed by atoms with Crippen LogP contribution in [0.1, 0.15) is 83.6 Å². The fraction of sp³-hybridized carbons (Fsp3) is 0.433. The van der Waals surface area contributed by atoms with Gasteiger partial charge >= 0.3 is 5.97 Å². The highest BCUT2D eigenvalue weighted by atomic mass is 16.6. The summed E-state index contributed by atoms with van der Waals surface area (Å²) in [6.07, 6.45) is 2.92. The van der Waals surface area contributed by atoms with Crippen molar-refractivity contribution in [3.8, 4) is 5.75 Å². The van der Waals surface area contributed by atoms with E-state index in [1.807, 2.05) is 19.9 Å². The Hall–Kier alpha value is -3.41. The van der Waals surface area contributed by atoms with E-state index in [9.17, 15) is 9.59 Å². The van der Waals surface area contributed by atoms with Crippen LogP contribution in [0.15, 0.2) is 46.8 Å². The lowest BCUT2D eigenvalue weighted by Gasteiger charge is -2.29. The molecule has 0 radical (unpaired) electrons. The second-order valence-electron chi connectivity index (χ2n) is 9.48. The molecular weight excluding hydrogens is 454 g/mol. The van der Waals surface area contributed by atoms with Gasteiger partial charge in [-0.1, -0.05) is 36.7 Å². The summed E-state index contributed by atoms with van der Waals surface area (Å²) in [5.74, 6) is 0.546. The van der Waals surface area contributed by atoms with E-state index in [2.05, 4.69) is 25.9 Å². The molecule has 0 saturated carbocycles. The average Bonchev–Trinajstić information content (AvgIpc) is 3.36. The Kier molecular flexibility index (Phi) is 7.92. The number of allylic oxidation sites excluding steroid dienone is 2. The Morgan fingerprint density at radius 2 is 1.81 bits per heavy atom. The highest BCUT2D eigenvalue weighted by molar-refractivity contribution is 6.23. The molecule has 4 rings (SSSR count). The summed E-state index contributed by atoms with van der Waals surface area (Å²) < 4.78 is 12.1. The molecule has 1 aliphatic heterocycles. The maximum atomic E-state index is 13.7. The summed E-state index contributed by atoms with van der Waals surface area (Å²) in [6.45, 7) is 11.3. The summed E-state index contributed by atoms with van der Waals surface area (Å²) in [7, 11) is 0. The van der Waals surface area contributed by atoms with Crippen LogP contribution in [-0.2, 0) is 20.8 Å². The SMILES string of the molecule is CCCC(=NOCC)C1=C(OC(=O)c2ccccc2)CC(c2c(C)c(C)c(C)c3c2OCC3)CC1=O. The number of Topliss-reactive ketones (excluding diaryl/α,β-unsaturated/α-hetero) is 1. The van der Waals surface area contributed by atoms with Crippen LogP contribution in [0.4, 0.5) is 0 Å². The zero-order chi connectivity index (χ0) is 25.8. The Morgan fingerprint density at radius 3 is 2.50 bits per heavy atom. The van der Waals surface area contributed by atoms with Crippen molar-refractivity contribution in [1.29, 1.82) is 0 Å². The highest BCUT2D eigenvalue weighted by Crippen LogP contribution is 2.46. The van der Waals surface area contributed by atoms with Crippen LogP contribution in [0.25, 0.3) is 0 Å². The van der Waals surface area contributed by atoms with Crippen LogP contribution >= 0.6 is 0 Å². The first-order valence-corrected chi connectivity index (χ1v) is 12.8. The summed E-state index contributed by atoms with van der Waals surface area (Å²) in [4.78, 5) is 32.2. The molecule has 6 nitrogen and oxygen atoms in total. The van der Waals surface area contributed by atoms with E-state index in [1.165, 1.54) is 16.7 Å². The predicted molar refractivity (Wildman–Crippen MR) is 140 cm³/mol. The third kappa shape index (κ3) is 4.95. The number of oxime groups is 1. The largest absolute Gasteiger partial charge is 0.493 e. The van der Waals surface area contributed by atoms with Gasteiger partial charge in [-0.25, -0.2) is 4.79 Å². The summed E-state index contributed by atoms with van der Waals surface area (Å²) in [5, 5.41) is 4.26. The van der Waals surface area contributed by atoms with Gasteiger partial charge in [0.15, 0.2) is 5.78 Å². The second kappa shape index (κ2) is 11.1. The number of ketones is 1. The molecule has 1 unspecified atom stereocenters. The lowest BCUT2D eigenvalue weighted by molar-refractivity contribution is -0.116. The van der Waals surface area contributed by atoms with Gasteiger partial charge in [-0.2, -0.15) is 0 Å². The zero-order valence-corrected chi connectivity index (χ0v) is 21.9. The summed E-state index contributed by atoms with van der Waals surface area (Å²) >= 11 is 0. The molecule has 2 aliphatic rings. The maximum absolute atomic E-state index is 13.7. The number of carbonyl (C=O) groups excluding carboxylic acids is 2. The van der Waals surface area contributed by atoms with Gasteiger partial charge in [0.05, 0.1) is 23.5 Å². The van der Waals surface area contributed by atoms with Crippen LogP contribution in [-0.4, -0.2) is 30.7 Å². The molecule has 0 amide bonds. The molecule has 0 saturated heterocycles. The molecule has 0 fully saturated rings. The Morgan fingerprint density at radius 1 is 1.06 bits per heavy atom. The van der Waals surface area contributed by atoms with Crippen molar-refractivity contribution in [1.82, 2.24) is 0 Å². The Bertz CT molecular complexity index is 1230. The van der Waals surface area contributed by atoms with Crippen molar-refractivity contribution >= 4 is 17.5 Å². The molecule has 1 heterocycles. The first kappa shape index (κ1) is 25.7. The van der Waals surface area contributed by atoms with E-state index < -0.39 is 5.97 Å². The van der Waals surface area contributed by atoms with Crippen molar-refractivity contribution in [2.24, 2.45) is 5.16 Å². The van der Waals surface area contributed by atoms with Gasteiger partial charge in [0.1, 0.15) is 18.1 Å². The van der Waals surface area contributed by atoms with Crippen LogP contribution in [0, 0.1) is 20.8 Å². The van der Waals surface area contributed by atoms with Gasteiger partial charge < -0.3 is 14.3 Å². The minimum absolute atomic E-state index is 0.0848. The molecule has 36 heavy (non-hydrogen) atoms. The molecule has 0 aromatic heterocycles. The van der Waals surface area contributed by atoms with Crippen molar-refractivity contribution < 1.29 is 23.9 Å². The molecule has 190 valence electrons. The van der Waals surface area contributed by atoms with E-state index >= 15 is 0 Å². The highest BCUT2D eigenvalue weighted by Gasteiger charge is 2.37. The van der Waals surface area contributed by atoms with Crippen molar-refractivity contribution in [3.05, 3.63) is 75.0 Å². The standard InChI is InChI=1S/C30H35NO5/c1-6-11-24(31-35-7-2)28-25(32)16-22(17-26(28)36-30(33)21-12-9-8-10-13-21)27-20(5)18(3)19(4)23-14-15-34-29(23)27/h8-10,12-13,22H,6-7,11,14-17H2,1-5H3. The second-order valence-corrected chi connectivity index (χ2v) is 9.48. The minimum atomic E-state index is -0.484. The zero-order valence-electron chi connectivity index (χ0n) is 21.9. The molecule has 6 heteroatoms. The first-order valence-electron chi connectivity index (χ1n) is 12.8. The van der Waals surface area contributed by atoms with Crippen molar-refractivity contribution in [2.75, 3.05) is 13.2 Å². The van der Waals surface area contributed by atoms with Crippen LogP contribution in [0.2, 0.25) is 0 Å². The van der Waals surface area contributed by atoms with E-state index in [0.717, 1.165) is 29.7 Å². The number of hydrogen-bond donors (Lipinski definition) is 0. The average molecular weight is 490 g/mol. The van der Waals surface area contributed by atoms with Crippen molar-refractivity contribution in [3.63, 3.8) is 0 Å². The third-order valence-corrected chi connectivity index (χ3v) is 7.23. The molecule has 0 spiro atoms. The fourth-order valence-corrected chi connectivity index (χ4v) is 5.26. The number of rotatable bonds is 8. The van der Waals surface area contributed by atoms with Gasteiger partial charge in [-0.3, -0.25) is 4.79 Å². The van der Waals surface area contributed by atoms with Gasteiger partial charge in [0.25, 0.3) is 0 Å². The number of ether oxygens (including phenoxy) is 2. The topological polar surface area (TPSA) is 74.2 Å². The van der Waals surface area contributed by atoms with Gasteiger partial charge in [-0.05, 0) is 62.9 Å². The van der Waals surface area contributed by atoms with Gasteiger partial charge in [-0.15, -0.1) is 0 Å². The molecule has 2 aromatic carbocycles. The number of fused-ring (bicyclic) bond motifs is 1. The van der Waals surface area contributed by atoms with E-state index in [0.29, 0.717) is 55.1 Å². The third-order valence-electron chi connectivity index (χ3n) is 7.23. The number of esters is 1. The van der Waals surface area contributed by atoms with E-state index in [1.54, 1.807) is 24.3 Å². The predicted octanol–water partition coefficient (Wildman–Crippen LogP) is 6.30. The smallest absolute Gasteiger partial charge is 0.343 e. The van der Waals surface area contributed by atoms with Crippen molar-refractivity contribution in [2.45, 2.75) is 72.6 Å². The first-order chi connectivity index (χ1) is 17.4. The quantitative estimate of drug-likeness (QED) is 0.247. The molecular formula is C30H35NO5. The molecule has 1 aliphatic carbocycles. The normalized spacial score (nSPS) is 17.6. The molecule has 0 bridgehead atoms. The maximum Gasteiger partial charge on any atom is 0.343 e. The summed E-state index contributed by atoms with van der Waals surface area (Å²) in [5.41, 5.74) is 7.26. The molecule has 0 N–H and O–H groups in total. The number of nitrogens with zero attached hydrogens (tertiary/aromatic N) is 1. The number of hydrogen-bond acceptors (Lipinski definition) is 6. The minimum Gasteiger partial charge on any atom is -0.493 e. The monoisotopic (exact) mass is 489 g/mol. The van der Waals surface area contributed by atoms with Crippen LogP contribution < -0.4 is 4.74 Å². The fourth-order valence-electron chi connectivity index (χ4n) is 5.26. The Labute approximate surface area is 213 Å². The van der Waals surface area contributed by atoms with E-state index in [-0.39, 0.29) is 11.7 Å². The number of benzene rings is 2. The molecule has 2 aromatic rings. The summed E-state index contributed by atoms with van der Waals surface area (Å²) in [6, 6.07) is 8.84. The molecule has 1 atom stereocenters. The number of carbonyl (C=O) groups is 2. The van der Waals surface area contributed by atoms with Crippen LogP contribution in [0.3, 0.4) is 0 Å². The van der Waals surface area contributed by atoms with Gasteiger partial charge in [0, 0.05) is 36.3 Å². The van der Waals surface area contributed by atoms with Crippen LogP contribution in [0.5, 0.6) is 5.75 Å². The van der Waals surface area contributed by atoms with E-state index in [4.69, 9.17) is 14.3 Å². The lowest BCUT2D eigenvalue weighted by atomic mass is 9.77. The Balaban J connectivity index is 1.81. The lowest BCUT2D eigenvalue weighted by Crippen LogP contribution is -2.27. The van der Waals surface area contributed by atoms with Gasteiger partial charge in [0.2, 0.25) is 0 Å².